The maximum absolute atomic E-state index is 5.57. The molecule has 0 fully saturated rings. The van der Waals surface area contributed by atoms with Crippen molar-refractivity contribution in [2.75, 3.05) is 27.4 Å². The molecular weight excluding hydrogens is 310 g/mol. The second-order valence-corrected chi connectivity index (χ2v) is 5.13. The third-order valence-electron chi connectivity index (χ3n) is 2.65. The van der Waals surface area contributed by atoms with Gasteiger partial charge in [0, 0.05) is 19.7 Å². The highest BCUT2D eigenvalue weighted by molar-refractivity contribution is 9.10. The topological polar surface area (TPSA) is 39.7 Å². The zero-order valence-electron chi connectivity index (χ0n) is 12.0. The molecule has 108 valence electrons. The molecule has 1 aromatic carbocycles. The minimum absolute atomic E-state index is 0.307. The van der Waals surface area contributed by atoms with Gasteiger partial charge in [-0.25, -0.2) is 0 Å². The van der Waals surface area contributed by atoms with Crippen LogP contribution in [-0.2, 0) is 11.3 Å². The summed E-state index contributed by atoms with van der Waals surface area (Å²) in [6.07, 6.45) is 0. The molecule has 1 atom stereocenters. The highest BCUT2D eigenvalue weighted by Crippen LogP contribution is 2.36. The Labute approximate surface area is 123 Å². The molecule has 0 aromatic heterocycles. The molecule has 5 heteroatoms. The van der Waals surface area contributed by atoms with E-state index in [9.17, 15) is 0 Å². The van der Waals surface area contributed by atoms with Gasteiger partial charge in [-0.2, -0.15) is 0 Å². The van der Waals surface area contributed by atoms with Crippen molar-refractivity contribution < 1.29 is 14.2 Å². The lowest BCUT2D eigenvalue weighted by molar-refractivity contribution is 0.171. The molecule has 0 bridgehead atoms. The summed E-state index contributed by atoms with van der Waals surface area (Å²) in [5.74, 6) is 1.49. The number of halogens is 1. The zero-order valence-corrected chi connectivity index (χ0v) is 13.5. The Hall–Kier alpha value is -0.780. The van der Waals surface area contributed by atoms with Gasteiger partial charge in [0.25, 0.3) is 0 Å². The van der Waals surface area contributed by atoms with Crippen molar-refractivity contribution in [2.45, 2.75) is 26.4 Å². The summed E-state index contributed by atoms with van der Waals surface area (Å²) in [4.78, 5) is 0. The number of benzene rings is 1. The van der Waals surface area contributed by atoms with Gasteiger partial charge in [-0.3, -0.25) is 0 Å². The number of methoxy groups -OCH3 is 2. The van der Waals surface area contributed by atoms with Crippen LogP contribution in [0.1, 0.15) is 19.4 Å². The van der Waals surface area contributed by atoms with Crippen LogP contribution in [0, 0.1) is 0 Å². The van der Waals surface area contributed by atoms with Crippen molar-refractivity contribution in [2.24, 2.45) is 0 Å². The van der Waals surface area contributed by atoms with Crippen molar-refractivity contribution in [1.82, 2.24) is 5.32 Å². The molecule has 19 heavy (non-hydrogen) atoms. The predicted octanol–water partition coefficient (Wildman–Crippen LogP) is 2.98. The number of nitrogens with one attached hydrogen (secondary N) is 1. The lowest BCUT2D eigenvalue weighted by Crippen LogP contribution is -2.29. The zero-order chi connectivity index (χ0) is 14.3. The Bertz CT molecular complexity index is 399. The highest BCUT2D eigenvalue weighted by atomic mass is 79.9. The van der Waals surface area contributed by atoms with Crippen molar-refractivity contribution in [3.8, 4) is 11.5 Å². The van der Waals surface area contributed by atoms with Gasteiger partial charge < -0.3 is 19.5 Å². The number of rotatable bonds is 8. The Morgan fingerprint density at radius 2 is 2.05 bits per heavy atom. The molecule has 1 rings (SSSR count). The average Bonchev–Trinajstić information content (AvgIpc) is 2.39. The lowest BCUT2D eigenvalue weighted by Gasteiger charge is -2.16. The fourth-order valence-electron chi connectivity index (χ4n) is 1.76. The highest BCUT2D eigenvalue weighted by Gasteiger charge is 2.11. The van der Waals surface area contributed by atoms with Gasteiger partial charge in [0.1, 0.15) is 0 Å². The third-order valence-corrected chi connectivity index (χ3v) is 3.24. The van der Waals surface area contributed by atoms with Gasteiger partial charge in [0.05, 0.1) is 24.8 Å². The molecule has 0 amide bonds. The van der Waals surface area contributed by atoms with Crippen molar-refractivity contribution in [1.29, 1.82) is 0 Å². The molecular formula is C14H22BrNO3. The fraction of sp³-hybridized carbons (Fsp3) is 0.571. The third kappa shape index (κ3) is 5.01. The maximum atomic E-state index is 5.57. The van der Waals surface area contributed by atoms with E-state index in [0.717, 1.165) is 28.1 Å². The molecule has 0 heterocycles. The van der Waals surface area contributed by atoms with Crippen LogP contribution in [0.3, 0.4) is 0 Å². The summed E-state index contributed by atoms with van der Waals surface area (Å²) in [7, 11) is 3.35. The first-order valence-electron chi connectivity index (χ1n) is 6.33. The second-order valence-electron chi connectivity index (χ2n) is 4.28. The largest absolute Gasteiger partial charge is 0.493 e. The molecule has 1 unspecified atom stereocenters. The Kier molecular flexibility index (Phi) is 7.20. The van der Waals surface area contributed by atoms with Crippen molar-refractivity contribution in [3.63, 3.8) is 0 Å². The summed E-state index contributed by atoms with van der Waals surface area (Å²) in [5, 5.41) is 3.39. The number of ether oxygens (including phenoxy) is 3. The first-order chi connectivity index (χ1) is 9.12. The van der Waals surface area contributed by atoms with Crippen LogP contribution in [0.15, 0.2) is 16.6 Å². The Balaban J connectivity index is 2.77. The Morgan fingerprint density at radius 3 is 2.63 bits per heavy atom. The van der Waals surface area contributed by atoms with Gasteiger partial charge in [0.15, 0.2) is 11.5 Å². The van der Waals surface area contributed by atoms with E-state index < -0.39 is 0 Å². The summed E-state index contributed by atoms with van der Waals surface area (Å²) in [5.41, 5.74) is 1.13. The smallest absolute Gasteiger partial charge is 0.175 e. The van der Waals surface area contributed by atoms with Crippen LogP contribution < -0.4 is 14.8 Å². The van der Waals surface area contributed by atoms with E-state index >= 15 is 0 Å². The number of hydrogen-bond donors (Lipinski definition) is 1. The van der Waals surface area contributed by atoms with E-state index in [4.69, 9.17) is 14.2 Å². The van der Waals surface area contributed by atoms with E-state index in [1.54, 1.807) is 14.2 Å². The fourth-order valence-corrected chi connectivity index (χ4v) is 2.36. The van der Waals surface area contributed by atoms with Crippen LogP contribution in [-0.4, -0.2) is 33.5 Å². The molecule has 0 spiro atoms. The molecule has 4 nitrogen and oxygen atoms in total. The normalized spacial score (nSPS) is 12.3. The van der Waals surface area contributed by atoms with E-state index in [1.165, 1.54) is 0 Å². The van der Waals surface area contributed by atoms with E-state index in [0.29, 0.717) is 19.3 Å². The van der Waals surface area contributed by atoms with E-state index in [-0.39, 0.29) is 0 Å². The molecule has 0 radical (unpaired) electrons. The molecule has 0 aliphatic heterocycles. The average molecular weight is 332 g/mol. The van der Waals surface area contributed by atoms with E-state index in [1.807, 2.05) is 19.1 Å². The quantitative estimate of drug-likeness (QED) is 0.794. The molecule has 0 saturated heterocycles. The van der Waals surface area contributed by atoms with E-state index in [2.05, 4.69) is 28.2 Å². The standard InChI is InChI=1S/C14H22BrNO3/c1-5-19-14-12(15)6-11(7-13(14)18-4)8-16-10(2)9-17-3/h6-7,10,16H,5,8-9H2,1-4H3. The Morgan fingerprint density at radius 1 is 1.32 bits per heavy atom. The first kappa shape index (κ1) is 16.3. The van der Waals surface area contributed by atoms with Crippen LogP contribution in [0.5, 0.6) is 11.5 Å². The second kappa shape index (κ2) is 8.40. The van der Waals surface area contributed by atoms with Gasteiger partial charge in [-0.05, 0) is 47.5 Å². The van der Waals surface area contributed by atoms with Crippen LogP contribution >= 0.6 is 15.9 Å². The lowest BCUT2D eigenvalue weighted by atomic mass is 10.2. The van der Waals surface area contributed by atoms with Crippen LogP contribution in [0.25, 0.3) is 0 Å². The summed E-state index contributed by atoms with van der Waals surface area (Å²) in [6.45, 7) is 6.09. The molecule has 0 aliphatic rings. The molecule has 1 aromatic rings. The molecule has 0 saturated carbocycles. The van der Waals surface area contributed by atoms with Crippen LogP contribution in [0.4, 0.5) is 0 Å². The SMILES string of the molecule is CCOc1c(Br)cc(CNC(C)COC)cc1OC. The summed E-state index contributed by atoms with van der Waals surface area (Å²) >= 11 is 3.52. The predicted molar refractivity (Wildman–Crippen MR) is 80.0 cm³/mol. The van der Waals surface area contributed by atoms with Crippen molar-refractivity contribution >= 4 is 15.9 Å². The van der Waals surface area contributed by atoms with Crippen molar-refractivity contribution in [3.05, 3.63) is 22.2 Å². The maximum Gasteiger partial charge on any atom is 0.175 e. The van der Waals surface area contributed by atoms with Gasteiger partial charge >= 0.3 is 0 Å². The summed E-state index contributed by atoms with van der Waals surface area (Å²) in [6, 6.07) is 4.34. The minimum atomic E-state index is 0.307. The minimum Gasteiger partial charge on any atom is -0.493 e. The number of hydrogen-bond acceptors (Lipinski definition) is 4. The molecule has 0 aliphatic carbocycles. The first-order valence-corrected chi connectivity index (χ1v) is 7.13. The van der Waals surface area contributed by atoms with Crippen LogP contribution in [0.2, 0.25) is 0 Å². The summed E-state index contributed by atoms with van der Waals surface area (Å²) < 4.78 is 16.9. The van der Waals surface area contributed by atoms with Gasteiger partial charge in [-0.15, -0.1) is 0 Å². The van der Waals surface area contributed by atoms with Gasteiger partial charge in [-0.1, -0.05) is 0 Å². The molecule has 1 N–H and O–H groups in total. The van der Waals surface area contributed by atoms with Gasteiger partial charge in [0.2, 0.25) is 0 Å². The monoisotopic (exact) mass is 331 g/mol.